The van der Waals surface area contributed by atoms with Gasteiger partial charge < -0.3 is 15.7 Å². The highest BCUT2D eigenvalue weighted by molar-refractivity contribution is 5.92. The van der Waals surface area contributed by atoms with Crippen LogP contribution in [0, 0.1) is 11.8 Å². The predicted molar refractivity (Wildman–Crippen MR) is 62.3 cm³/mol. The number of rotatable bonds is 3. The summed E-state index contributed by atoms with van der Waals surface area (Å²) in [4.78, 5) is 11.8. The quantitative estimate of drug-likeness (QED) is 0.670. The molecule has 1 saturated heterocycles. The zero-order chi connectivity index (χ0) is 11.5. The first-order chi connectivity index (χ1) is 7.66. The molecule has 1 aromatic carbocycles. The van der Waals surface area contributed by atoms with Crippen LogP contribution in [0.3, 0.4) is 0 Å². The van der Waals surface area contributed by atoms with Gasteiger partial charge >= 0.3 is 0 Å². The van der Waals surface area contributed by atoms with Gasteiger partial charge in [0.15, 0.2) is 0 Å². The van der Waals surface area contributed by atoms with E-state index in [2.05, 4.69) is 10.6 Å². The molecule has 1 aliphatic heterocycles. The second-order valence-electron chi connectivity index (χ2n) is 4.24. The molecule has 1 amide bonds. The first kappa shape index (κ1) is 11.0. The van der Waals surface area contributed by atoms with Crippen molar-refractivity contribution in [1.82, 2.24) is 5.32 Å². The first-order valence-corrected chi connectivity index (χ1v) is 5.47. The van der Waals surface area contributed by atoms with Gasteiger partial charge in [-0.25, -0.2) is 0 Å². The number of nitrogens with one attached hydrogen (secondary N) is 2. The highest BCUT2D eigenvalue weighted by atomic mass is 16.3. The van der Waals surface area contributed by atoms with E-state index in [1.54, 1.807) is 24.3 Å². The van der Waals surface area contributed by atoms with E-state index < -0.39 is 0 Å². The molecule has 1 unspecified atom stereocenters. The van der Waals surface area contributed by atoms with E-state index in [-0.39, 0.29) is 17.6 Å². The van der Waals surface area contributed by atoms with Gasteiger partial charge in [-0.3, -0.25) is 4.79 Å². The van der Waals surface area contributed by atoms with Crippen LogP contribution in [-0.4, -0.2) is 24.1 Å². The lowest BCUT2D eigenvalue weighted by Crippen LogP contribution is -2.48. The standard InChI is InChI=1S/C12H16N2O2/c1-8(9-6-13-7-9)12(16)14-10-2-4-11(15)5-3-10/h2-5,8-9,13,15H,6-7H2,1H3,(H,14,16). The van der Waals surface area contributed by atoms with Gasteiger partial charge in [0.05, 0.1) is 0 Å². The number of carbonyl (C=O) groups is 1. The molecule has 0 aliphatic carbocycles. The van der Waals surface area contributed by atoms with E-state index in [4.69, 9.17) is 5.11 Å². The number of amides is 1. The third-order valence-corrected chi connectivity index (χ3v) is 3.07. The van der Waals surface area contributed by atoms with Gasteiger partial charge in [-0.2, -0.15) is 0 Å². The SMILES string of the molecule is CC(C(=O)Nc1ccc(O)cc1)C1CNC1. The molecule has 4 heteroatoms. The lowest BCUT2D eigenvalue weighted by Gasteiger charge is -2.31. The van der Waals surface area contributed by atoms with Crippen molar-refractivity contribution in [2.75, 3.05) is 18.4 Å². The molecule has 16 heavy (non-hydrogen) atoms. The molecular formula is C12H16N2O2. The number of phenolic OH excluding ortho intramolecular Hbond substituents is 1. The molecule has 0 radical (unpaired) electrons. The Balaban J connectivity index is 1.93. The van der Waals surface area contributed by atoms with Crippen molar-refractivity contribution in [2.45, 2.75) is 6.92 Å². The van der Waals surface area contributed by atoms with E-state index in [1.807, 2.05) is 6.92 Å². The van der Waals surface area contributed by atoms with Gasteiger partial charge in [-0.05, 0) is 43.3 Å². The minimum Gasteiger partial charge on any atom is -0.508 e. The summed E-state index contributed by atoms with van der Waals surface area (Å²) in [6.07, 6.45) is 0. The number of phenols is 1. The summed E-state index contributed by atoms with van der Waals surface area (Å²) in [6.45, 7) is 3.79. The van der Waals surface area contributed by atoms with Crippen molar-refractivity contribution in [3.63, 3.8) is 0 Å². The van der Waals surface area contributed by atoms with Crippen molar-refractivity contribution in [1.29, 1.82) is 0 Å². The molecule has 0 bridgehead atoms. The Bertz CT molecular complexity index is 371. The summed E-state index contributed by atoms with van der Waals surface area (Å²) in [5.41, 5.74) is 0.724. The zero-order valence-corrected chi connectivity index (χ0v) is 9.23. The van der Waals surface area contributed by atoms with E-state index in [0.717, 1.165) is 18.8 Å². The second-order valence-corrected chi connectivity index (χ2v) is 4.24. The van der Waals surface area contributed by atoms with Crippen molar-refractivity contribution >= 4 is 11.6 Å². The largest absolute Gasteiger partial charge is 0.508 e. The Morgan fingerprint density at radius 1 is 1.44 bits per heavy atom. The van der Waals surface area contributed by atoms with Crippen LogP contribution in [0.2, 0.25) is 0 Å². The van der Waals surface area contributed by atoms with Crippen molar-refractivity contribution in [3.05, 3.63) is 24.3 Å². The van der Waals surface area contributed by atoms with Gasteiger partial charge in [0.2, 0.25) is 5.91 Å². The molecule has 1 fully saturated rings. The first-order valence-electron chi connectivity index (χ1n) is 5.47. The zero-order valence-electron chi connectivity index (χ0n) is 9.23. The fourth-order valence-corrected chi connectivity index (χ4v) is 1.68. The molecule has 0 saturated carbocycles. The van der Waals surface area contributed by atoms with Crippen molar-refractivity contribution in [3.8, 4) is 5.75 Å². The van der Waals surface area contributed by atoms with Crippen LogP contribution in [0.1, 0.15) is 6.92 Å². The monoisotopic (exact) mass is 220 g/mol. The molecule has 4 nitrogen and oxygen atoms in total. The molecule has 0 aromatic heterocycles. The minimum atomic E-state index is 0.0232. The summed E-state index contributed by atoms with van der Waals surface area (Å²) in [6, 6.07) is 6.51. The average molecular weight is 220 g/mol. The molecule has 86 valence electrons. The molecular weight excluding hydrogens is 204 g/mol. The smallest absolute Gasteiger partial charge is 0.227 e. The molecule has 2 rings (SSSR count). The molecule has 1 aromatic rings. The molecule has 1 heterocycles. The lowest BCUT2D eigenvalue weighted by atomic mass is 9.88. The maximum Gasteiger partial charge on any atom is 0.227 e. The second kappa shape index (κ2) is 4.53. The Kier molecular flexibility index (Phi) is 3.10. The number of anilines is 1. The summed E-state index contributed by atoms with van der Waals surface area (Å²) in [7, 11) is 0. The van der Waals surface area contributed by atoms with Gasteiger partial charge in [0, 0.05) is 11.6 Å². The van der Waals surface area contributed by atoms with Crippen LogP contribution >= 0.6 is 0 Å². The maximum absolute atomic E-state index is 11.8. The van der Waals surface area contributed by atoms with Crippen molar-refractivity contribution in [2.24, 2.45) is 11.8 Å². The summed E-state index contributed by atoms with van der Waals surface area (Å²) < 4.78 is 0. The lowest BCUT2D eigenvalue weighted by molar-refractivity contribution is -0.121. The normalized spacial score (nSPS) is 17.6. The van der Waals surface area contributed by atoms with Gasteiger partial charge in [-0.1, -0.05) is 6.92 Å². The highest BCUT2D eigenvalue weighted by Crippen LogP contribution is 2.19. The highest BCUT2D eigenvalue weighted by Gasteiger charge is 2.28. The summed E-state index contributed by atoms with van der Waals surface area (Å²) in [5.74, 6) is 0.707. The fourth-order valence-electron chi connectivity index (χ4n) is 1.68. The van der Waals surface area contributed by atoms with Crippen LogP contribution < -0.4 is 10.6 Å². The maximum atomic E-state index is 11.8. The molecule has 0 spiro atoms. The molecule has 1 atom stereocenters. The minimum absolute atomic E-state index is 0.0232. The molecule has 1 aliphatic rings. The Morgan fingerprint density at radius 2 is 2.06 bits per heavy atom. The van der Waals surface area contributed by atoms with Crippen LogP contribution in [0.4, 0.5) is 5.69 Å². The number of hydrogen-bond donors (Lipinski definition) is 3. The van der Waals surface area contributed by atoms with E-state index in [0.29, 0.717) is 5.92 Å². The van der Waals surface area contributed by atoms with Crippen LogP contribution in [-0.2, 0) is 4.79 Å². The number of aromatic hydroxyl groups is 1. The van der Waals surface area contributed by atoms with Gasteiger partial charge in [0.1, 0.15) is 5.75 Å². The Labute approximate surface area is 94.7 Å². The van der Waals surface area contributed by atoms with Crippen LogP contribution in [0.25, 0.3) is 0 Å². The summed E-state index contributed by atoms with van der Waals surface area (Å²) >= 11 is 0. The van der Waals surface area contributed by atoms with Gasteiger partial charge in [-0.15, -0.1) is 0 Å². The van der Waals surface area contributed by atoms with E-state index in [1.165, 1.54) is 0 Å². The number of benzene rings is 1. The van der Waals surface area contributed by atoms with E-state index in [9.17, 15) is 4.79 Å². The topological polar surface area (TPSA) is 61.4 Å². The summed E-state index contributed by atoms with van der Waals surface area (Å²) in [5, 5.41) is 15.1. The van der Waals surface area contributed by atoms with Crippen molar-refractivity contribution < 1.29 is 9.90 Å². The van der Waals surface area contributed by atoms with Crippen LogP contribution in [0.15, 0.2) is 24.3 Å². The third-order valence-electron chi connectivity index (χ3n) is 3.07. The van der Waals surface area contributed by atoms with E-state index >= 15 is 0 Å². The Hall–Kier alpha value is -1.55. The third kappa shape index (κ3) is 2.33. The number of carbonyl (C=O) groups excluding carboxylic acids is 1. The average Bonchev–Trinajstić information content (AvgIpc) is 2.19. The number of hydrogen-bond acceptors (Lipinski definition) is 3. The fraction of sp³-hybridized carbons (Fsp3) is 0.417. The van der Waals surface area contributed by atoms with Gasteiger partial charge in [0.25, 0.3) is 0 Å². The Morgan fingerprint density at radius 3 is 2.56 bits per heavy atom. The predicted octanol–water partition coefficient (Wildman–Crippen LogP) is 1.19. The van der Waals surface area contributed by atoms with Crippen LogP contribution in [0.5, 0.6) is 5.75 Å². The molecule has 3 N–H and O–H groups in total.